The summed E-state index contributed by atoms with van der Waals surface area (Å²) in [4.78, 5) is 14.4. The summed E-state index contributed by atoms with van der Waals surface area (Å²) in [6.07, 6.45) is 0. The van der Waals surface area contributed by atoms with Crippen LogP contribution in [0, 0.1) is 6.92 Å². The number of phenolic OH excluding ortho intramolecular Hbond substituents is 1. The van der Waals surface area contributed by atoms with Gasteiger partial charge in [0.1, 0.15) is 22.8 Å². The Morgan fingerprint density at radius 1 is 1.29 bits per heavy atom. The molecule has 0 bridgehead atoms. The number of rotatable bonds is 2. The molecule has 0 saturated carbocycles. The summed E-state index contributed by atoms with van der Waals surface area (Å²) in [5, 5.41) is 13.9. The smallest absolute Gasteiger partial charge is 0.259 e. The first-order valence-corrected chi connectivity index (χ1v) is 6.80. The zero-order valence-electron chi connectivity index (χ0n) is 11.7. The number of benzene rings is 1. The Morgan fingerprint density at radius 3 is 2.71 bits per heavy atom. The van der Waals surface area contributed by atoms with E-state index in [1.807, 2.05) is 0 Å². The first-order chi connectivity index (χ1) is 10.2. The van der Waals surface area contributed by atoms with Crippen molar-refractivity contribution in [2.45, 2.75) is 6.92 Å². The number of carbonyl (C=O) groups excluding carboxylic acids is 1. The van der Waals surface area contributed by atoms with Gasteiger partial charge in [-0.2, -0.15) is 0 Å². The third kappa shape index (κ3) is 2.50. The van der Waals surface area contributed by atoms with Gasteiger partial charge in [0.05, 0.1) is 13.2 Å². The molecule has 1 N–H and O–H groups in total. The number of para-hydroxylation sites is 1. The molecule has 2 aromatic rings. The maximum Gasteiger partial charge on any atom is 0.259 e. The maximum absolute atomic E-state index is 12.7. The van der Waals surface area contributed by atoms with Crippen molar-refractivity contribution in [2.75, 3.05) is 26.3 Å². The number of amides is 1. The summed E-state index contributed by atoms with van der Waals surface area (Å²) in [6.45, 7) is 3.85. The van der Waals surface area contributed by atoms with Gasteiger partial charge in [0.25, 0.3) is 5.91 Å². The van der Waals surface area contributed by atoms with Crippen LogP contribution < -0.4 is 0 Å². The summed E-state index contributed by atoms with van der Waals surface area (Å²) < 4.78 is 10.4. The number of hydrogen-bond donors (Lipinski definition) is 1. The van der Waals surface area contributed by atoms with Crippen LogP contribution in [-0.4, -0.2) is 47.4 Å². The van der Waals surface area contributed by atoms with Gasteiger partial charge in [-0.25, -0.2) is 0 Å². The van der Waals surface area contributed by atoms with Crippen LogP contribution in [0.3, 0.4) is 0 Å². The quantitative estimate of drug-likeness (QED) is 0.912. The van der Waals surface area contributed by atoms with E-state index in [-0.39, 0.29) is 11.7 Å². The molecule has 1 fully saturated rings. The minimum Gasteiger partial charge on any atom is -0.507 e. The molecule has 110 valence electrons. The van der Waals surface area contributed by atoms with Crippen molar-refractivity contribution in [3.63, 3.8) is 0 Å². The fourth-order valence-corrected chi connectivity index (χ4v) is 2.41. The summed E-state index contributed by atoms with van der Waals surface area (Å²) in [7, 11) is 0. The Balaban J connectivity index is 2.01. The highest BCUT2D eigenvalue weighted by atomic mass is 16.5. The Hall–Kier alpha value is -2.34. The summed E-state index contributed by atoms with van der Waals surface area (Å²) in [5.74, 6) is 0.377. The minimum atomic E-state index is -0.143. The van der Waals surface area contributed by atoms with E-state index >= 15 is 0 Å². The largest absolute Gasteiger partial charge is 0.507 e. The highest BCUT2D eigenvalue weighted by Crippen LogP contribution is 2.32. The Labute approximate surface area is 121 Å². The predicted molar refractivity (Wildman–Crippen MR) is 75.1 cm³/mol. The van der Waals surface area contributed by atoms with E-state index in [4.69, 9.17) is 9.26 Å². The van der Waals surface area contributed by atoms with Crippen molar-refractivity contribution in [2.24, 2.45) is 0 Å². The molecule has 0 unspecified atom stereocenters. The fourth-order valence-electron chi connectivity index (χ4n) is 2.41. The van der Waals surface area contributed by atoms with Gasteiger partial charge in [-0.05, 0) is 19.1 Å². The molecule has 1 amide bonds. The van der Waals surface area contributed by atoms with Gasteiger partial charge in [-0.1, -0.05) is 17.3 Å². The van der Waals surface area contributed by atoms with Crippen molar-refractivity contribution in [3.05, 3.63) is 35.6 Å². The topological polar surface area (TPSA) is 75.8 Å². The maximum atomic E-state index is 12.7. The average Bonchev–Trinajstić information content (AvgIpc) is 2.89. The van der Waals surface area contributed by atoms with Crippen LogP contribution in [0.4, 0.5) is 0 Å². The summed E-state index contributed by atoms with van der Waals surface area (Å²) in [6, 6.07) is 6.77. The minimum absolute atomic E-state index is 0.0711. The van der Waals surface area contributed by atoms with Crippen LogP contribution in [0.15, 0.2) is 28.8 Å². The van der Waals surface area contributed by atoms with Crippen LogP contribution in [0.1, 0.15) is 16.1 Å². The standard InChI is InChI=1S/C15H16N2O4/c1-10-13(15(19)17-6-8-20-9-7-17)14(16-21-10)11-4-2-3-5-12(11)18/h2-5,18H,6-9H2,1H3. The number of ether oxygens (including phenoxy) is 1. The van der Waals surface area contributed by atoms with E-state index in [0.29, 0.717) is 48.9 Å². The van der Waals surface area contributed by atoms with Crippen LogP contribution in [-0.2, 0) is 4.74 Å². The zero-order valence-corrected chi connectivity index (χ0v) is 11.7. The second-order valence-electron chi connectivity index (χ2n) is 4.88. The Bertz CT molecular complexity index is 659. The van der Waals surface area contributed by atoms with E-state index in [1.165, 1.54) is 0 Å². The van der Waals surface area contributed by atoms with Crippen molar-refractivity contribution in [3.8, 4) is 17.0 Å². The molecule has 2 heterocycles. The SMILES string of the molecule is Cc1onc(-c2ccccc2O)c1C(=O)N1CCOCC1. The van der Waals surface area contributed by atoms with Crippen molar-refractivity contribution in [1.29, 1.82) is 0 Å². The molecule has 1 saturated heterocycles. The van der Waals surface area contributed by atoms with Gasteiger partial charge in [-0.15, -0.1) is 0 Å². The molecule has 1 aromatic heterocycles. The third-order valence-corrected chi connectivity index (χ3v) is 3.53. The van der Waals surface area contributed by atoms with E-state index in [0.717, 1.165) is 0 Å². The fraction of sp³-hybridized carbons (Fsp3) is 0.333. The lowest BCUT2D eigenvalue weighted by Crippen LogP contribution is -2.41. The van der Waals surface area contributed by atoms with Gasteiger partial charge in [0.15, 0.2) is 0 Å². The molecule has 0 spiro atoms. The number of carbonyl (C=O) groups is 1. The van der Waals surface area contributed by atoms with Gasteiger partial charge < -0.3 is 19.3 Å². The Morgan fingerprint density at radius 2 is 2.00 bits per heavy atom. The second kappa shape index (κ2) is 5.57. The zero-order chi connectivity index (χ0) is 14.8. The van der Waals surface area contributed by atoms with Crippen molar-refractivity contribution in [1.82, 2.24) is 10.1 Å². The van der Waals surface area contributed by atoms with Gasteiger partial charge in [0, 0.05) is 18.7 Å². The molecule has 0 radical (unpaired) electrons. The van der Waals surface area contributed by atoms with Crippen molar-refractivity contribution < 1.29 is 19.2 Å². The van der Waals surface area contributed by atoms with E-state index in [2.05, 4.69) is 5.16 Å². The summed E-state index contributed by atoms with van der Waals surface area (Å²) >= 11 is 0. The first-order valence-electron chi connectivity index (χ1n) is 6.80. The number of morpholine rings is 1. The molecule has 6 nitrogen and oxygen atoms in total. The first kappa shape index (κ1) is 13.6. The number of aryl methyl sites for hydroxylation is 1. The summed E-state index contributed by atoms with van der Waals surface area (Å²) in [5.41, 5.74) is 1.27. The van der Waals surface area contributed by atoms with Crippen LogP contribution in [0.2, 0.25) is 0 Å². The number of nitrogens with zero attached hydrogens (tertiary/aromatic N) is 2. The van der Waals surface area contributed by atoms with Crippen molar-refractivity contribution >= 4 is 5.91 Å². The van der Waals surface area contributed by atoms with Gasteiger partial charge in [0.2, 0.25) is 0 Å². The molecule has 1 aliphatic heterocycles. The van der Waals surface area contributed by atoms with Gasteiger partial charge >= 0.3 is 0 Å². The number of aromatic nitrogens is 1. The molecular formula is C15H16N2O4. The normalized spacial score (nSPS) is 15.2. The van der Waals surface area contributed by atoms with Crippen LogP contribution in [0.5, 0.6) is 5.75 Å². The van der Waals surface area contributed by atoms with E-state index in [9.17, 15) is 9.90 Å². The molecule has 0 atom stereocenters. The molecule has 3 rings (SSSR count). The molecule has 21 heavy (non-hydrogen) atoms. The number of hydrogen-bond acceptors (Lipinski definition) is 5. The predicted octanol–water partition coefficient (Wildman–Crippen LogP) is 1.83. The monoisotopic (exact) mass is 288 g/mol. The molecule has 0 aliphatic carbocycles. The highest BCUT2D eigenvalue weighted by molar-refractivity contribution is 6.01. The van der Waals surface area contributed by atoms with E-state index in [1.54, 1.807) is 36.1 Å². The lowest BCUT2D eigenvalue weighted by Gasteiger charge is -2.26. The van der Waals surface area contributed by atoms with Gasteiger partial charge in [-0.3, -0.25) is 4.79 Å². The number of phenols is 1. The molecule has 1 aliphatic rings. The average molecular weight is 288 g/mol. The van der Waals surface area contributed by atoms with Crippen LogP contribution in [0.25, 0.3) is 11.3 Å². The third-order valence-electron chi connectivity index (χ3n) is 3.53. The molecule has 1 aromatic carbocycles. The van der Waals surface area contributed by atoms with Crippen LogP contribution >= 0.6 is 0 Å². The Kier molecular flexibility index (Phi) is 3.62. The number of aromatic hydroxyl groups is 1. The lowest BCUT2D eigenvalue weighted by molar-refractivity contribution is 0.0302. The van der Waals surface area contributed by atoms with E-state index < -0.39 is 0 Å². The highest BCUT2D eigenvalue weighted by Gasteiger charge is 2.28. The molecular weight excluding hydrogens is 272 g/mol. The lowest BCUT2D eigenvalue weighted by atomic mass is 10.0. The molecule has 6 heteroatoms. The second-order valence-corrected chi connectivity index (χ2v) is 4.88.